The molecule has 4 saturated carbocycles. The van der Waals surface area contributed by atoms with Gasteiger partial charge in [0.15, 0.2) is 0 Å². The Labute approximate surface area is 151 Å². The van der Waals surface area contributed by atoms with Crippen LogP contribution >= 0.6 is 0 Å². The minimum atomic E-state index is -1.08. The predicted octanol–water partition coefficient (Wildman–Crippen LogP) is 2.47. The Morgan fingerprint density at radius 3 is 2.40 bits per heavy atom. The van der Waals surface area contributed by atoms with Crippen molar-refractivity contribution in [2.24, 2.45) is 34.5 Å². The summed E-state index contributed by atoms with van der Waals surface area (Å²) >= 11 is 0. The quantitative estimate of drug-likeness (QED) is 0.584. The lowest BCUT2D eigenvalue weighted by molar-refractivity contribution is -0.218. The van der Waals surface area contributed by atoms with Crippen LogP contribution in [-0.4, -0.2) is 44.3 Å². The van der Waals surface area contributed by atoms with Gasteiger partial charge in [0.05, 0.1) is 23.9 Å². The first kappa shape index (κ1) is 18.2. The van der Waals surface area contributed by atoms with Gasteiger partial charge in [-0.05, 0) is 87.4 Å². The van der Waals surface area contributed by atoms with Gasteiger partial charge in [-0.2, -0.15) is 0 Å². The van der Waals surface area contributed by atoms with Crippen molar-refractivity contribution in [1.29, 1.82) is 0 Å². The molecule has 0 aromatic rings. The van der Waals surface area contributed by atoms with Crippen molar-refractivity contribution < 1.29 is 20.4 Å². The van der Waals surface area contributed by atoms with Crippen molar-refractivity contribution in [3.05, 3.63) is 0 Å². The normalized spacial score (nSPS) is 59.6. The molecular formula is C21H36O4. The van der Waals surface area contributed by atoms with Crippen molar-refractivity contribution in [1.82, 2.24) is 0 Å². The highest BCUT2D eigenvalue weighted by Crippen LogP contribution is 2.68. The summed E-state index contributed by atoms with van der Waals surface area (Å²) in [5.41, 5.74) is -1.38. The molecule has 4 rings (SSSR count). The molecule has 4 heteroatoms. The molecule has 0 spiro atoms. The molecule has 0 aromatic carbocycles. The van der Waals surface area contributed by atoms with Crippen LogP contribution in [0.4, 0.5) is 0 Å². The summed E-state index contributed by atoms with van der Waals surface area (Å²) in [5.74, 6) is 1.59. The molecule has 0 radical (unpaired) electrons. The maximum absolute atomic E-state index is 11.3. The Hall–Kier alpha value is -0.160. The molecule has 0 aromatic heterocycles. The maximum atomic E-state index is 11.3. The molecule has 0 aliphatic heterocycles. The van der Waals surface area contributed by atoms with E-state index < -0.39 is 23.2 Å². The molecule has 4 N–H and O–H groups in total. The third kappa shape index (κ3) is 2.27. The Morgan fingerprint density at radius 1 is 1.00 bits per heavy atom. The van der Waals surface area contributed by atoms with E-state index in [-0.39, 0.29) is 17.4 Å². The summed E-state index contributed by atoms with van der Waals surface area (Å²) in [6, 6.07) is 0. The molecule has 25 heavy (non-hydrogen) atoms. The highest BCUT2D eigenvalue weighted by Gasteiger charge is 2.67. The molecule has 0 amide bonds. The molecular weight excluding hydrogens is 316 g/mol. The lowest BCUT2D eigenvalue weighted by Crippen LogP contribution is -2.63. The second-order valence-corrected chi connectivity index (χ2v) is 10.3. The Kier molecular flexibility index (Phi) is 4.13. The van der Waals surface area contributed by atoms with Crippen LogP contribution in [0.2, 0.25) is 0 Å². The van der Waals surface area contributed by atoms with Gasteiger partial charge in [0.25, 0.3) is 0 Å². The molecule has 4 nitrogen and oxygen atoms in total. The number of aliphatic hydroxyl groups is 4. The van der Waals surface area contributed by atoms with Gasteiger partial charge in [-0.25, -0.2) is 0 Å². The lowest BCUT2D eigenvalue weighted by Gasteiger charge is -2.63. The van der Waals surface area contributed by atoms with Crippen LogP contribution in [0.5, 0.6) is 0 Å². The molecule has 4 fully saturated rings. The fourth-order valence-corrected chi connectivity index (χ4v) is 8.09. The molecule has 144 valence electrons. The van der Waals surface area contributed by atoms with Gasteiger partial charge in [-0.1, -0.05) is 13.8 Å². The Balaban J connectivity index is 1.69. The van der Waals surface area contributed by atoms with Gasteiger partial charge >= 0.3 is 0 Å². The first-order chi connectivity index (χ1) is 11.6. The van der Waals surface area contributed by atoms with Crippen LogP contribution in [0.3, 0.4) is 0 Å². The zero-order chi connectivity index (χ0) is 18.2. The molecule has 10 atom stereocenters. The Morgan fingerprint density at radius 2 is 1.72 bits per heavy atom. The predicted molar refractivity (Wildman–Crippen MR) is 95.8 cm³/mol. The Bertz CT molecular complexity index is 536. The summed E-state index contributed by atoms with van der Waals surface area (Å²) in [4.78, 5) is 0. The standard InChI is InChI=1S/C21H36O4/c1-12(22)21(25)9-7-16-15-5-4-13-10-14(23)6-8-19(13,2)18(15)17(24)11-20(16,21)3/h12-18,22-25H,4-11H2,1-3H3/t12-,13+,14-,15-,16-,17-,18-,19+,20+,21+/m0/s1. The van der Waals surface area contributed by atoms with Gasteiger partial charge in [-0.3, -0.25) is 0 Å². The van der Waals surface area contributed by atoms with Gasteiger partial charge in [0.1, 0.15) is 0 Å². The number of fused-ring (bicyclic) bond motifs is 5. The highest BCUT2D eigenvalue weighted by atomic mass is 16.3. The first-order valence-corrected chi connectivity index (χ1v) is 10.4. The van der Waals surface area contributed by atoms with Gasteiger partial charge in [0, 0.05) is 5.41 Å². The number of rotatable bonds is 1. The van der Waals surface area contributed by atoms with E-state index in [4.69, 9.17) is 0 Å². The molecule has 0 unspecified atom stereocenters. The van der Waals surface area contributed by atoms with Crippen LogP contribution in [0.25, 0.3) is 0 Å². The summed E-state index contributed by atoms with van der Waals surface area (Å²) in [6.45, 7) is 6.16. The molecule has 4 aliphatic carbocycles. The maximum Gasteiger partial charge on any atom is 0.0959 e. The van der Waals surface area contributed by atoms with Crippen molar-refractivity contribution in [2.75, 3.05) is 0 Å². The molecule has 0 saturated heterocycles. The van der Waals surface area contributed by atoms with Crippen LogP contribution < -0.4 is 0 Å². The monoisotopic (exact) mass is 352 g/mol. The van der Waals surface area contributed by atoms with Crippen molar-refractivity contribution in [2.45, 2.75) is 96.1 Å². The van der Waals surface area contributed by atoms with E-state index in [1.807, 2.05) is 0 Å². The fraction of sp³-hybridized carbons (Fsp3) is 1.00. The smallest absolute Gasteiger partial charge is 0.0959 e. The zero-order valence-electron chi connectivity index (χ0n) is 16.0. The molecule has 4 aliphatic rings. The van der Waals surface area contributed by atoms with Crippen molar-refractivity contribution in [3.8, 4) is 0 Å². The van der Waals surface area contributed by atoms with E-state index in [1.54, 1.807) is 6.92 Å². The van der Waals surface area contributed by atoms with E-state index >= 15 is 0 Å². The highest BCUT2D eigenvalue weighted by molar-refractivity contribution is 5.17. The van der Waals surface area contributed by atoms with Crippen LogP contribution in [-0.2, 0) is 0 Å². The van der Waals surface area contributed by atoms with E-state index in [2.05, 4.69) is 13.8 Å². The van der Waals surface area contributed by atoms with Gasteiger partial charge < -0.3 is 20.4 Å². The van der Waals surface area contributed by atoms with E-state index in [9.17, 15) is 20.4 Å². The van der Waals surface area contributed by atoms with E-state index in [0.717, 1.165) is 38.5 Å². The second kappa shape index (κ2) is 5.67. The van der Waals surface area contributed by atoms with Crippen LogP contribution in [0, 0.1) is 34.5 Å². The average Bonchev–Trinajstić information content (AvgIpc) is 2.80. The number of aliphatic hydroxyl groups excluding tert-OH is 3. The van der Waals surface area contributed by atoms with Crippen molar-refractivity contribution >= 4 is 0 Å². The van der Waals surface area contributed by atoms with Gasteiger partial charge in [0.2, 0.25) is 0 Å². The SMILES string of the molecule is C[C@H](O)[C@]1(O)CC[C@H]2[C@@H]3CC[C@@H]4C[C@@H](O)CC[C@@]4(C)[C@@H]3[C@@H](O)C[C@]21C. The summed E-state index contributed by atoms with van der Waals surface area (Å²) in [6.07, 6.45) is 5.77. The topological polar surface area (TPSA) is 80.9 Å². The second-order valence-electron chi connectivity index (χ2n) is 10.3. The van der Waals surface area contributed by atoms with E-state index in [0.29, 0.717) is 30.6 Å². The zero-order valence-corrected chi connectivity index (χ0v) is 16.0. The lowest BCUT2D eigenvalue weighted by atomic mass is 9.43. The average molecular weight is 353 g/mol. The summed E-state index contributed by atoms with van der Waals surface area (Å²) in [7, 11) is 0. The van der Waals surface area contributed by atoms with Gasteiger partial charge in [-0.15, -0.1) is 0 Å². The van der Waals surface area contributed by atoms with Crippen molar-refractivity contribution in [3.63, 3.8) is 0 Å². The summed E-state index contributed by atoms with van der Waals surface area (Å²) in [5, 5.41) is 42.9. The first-order valence-electron chi connectivity index (χ1n) is 10.4. The fourth-order valence-electron chi connectivity index (χ4n) is 8.09. The molecule has 0 heterocycles. The van der Waals surface area contributed by atoms with Crippen LogP contribution in [0.1, 0.15) is 72.1 Å². The molecule has 0 bridgehead atoms. The minimum absolute atomic E-state index is 0.106. The third-order valence-corrected chi connectivity index (χ3v) is 9.48. The minimum Gasteiger partial charge on any atom is -0.393 e. The van der Waals surface area contributed by atoms with Crippen LogP contribution in [0.15, 0.2) is 0 Å². The van der Waals surface area contributed by atoms with E-state index in [1.165, 1.54) is 0 Å². The largest absolute Gasteiger partial charge is 0.393 e. The number of hydrogen-bond donors (Lipinski definition) is 4. The third-order valence-electron chi connectivity index (χ3n) is 9.48. The number of hydrogen-bond acceptors (Lipinski definition) is 4. The summed E-state index contributed by atoms with van der Waals surface area (Å²) < 4.78 is 0.